The maximum absolute atomic E-state index is 13.0. The van der Waals surface area contributed by atoms with Gasteiger partial charge in [-0.15, -0.1) is 0 Å². The van der Waals surface area contributed by atoms with Crippen molar-refractivity contribution in [1.29, 1.82) is 0 Å². The van der Waals surface area contributed by atoms with Crippen molar-refractivity contribution in [2.45, 2.75) is 71.1 Å². The number of aromatic nitrogens is 3. The van der Waals surface area contributed by atoms with Crippen LogP contribution < -0.4 is 20.1 Å². The Morgan fingerprint density at radius 2 is 1.26 bits per heavy atom. The predicted octanol–water partition coefficient (Wildman–Crippen LogP) is 4.37. The number of piperidine rings is 2. The first-order chi connectivity index (χ1) is 19.1. The Morgan fingerprint density at radius 1 is 0.744 bits per heavy atom. The number of nitrogens with one attached hydrogen (secondary N) is 1. The van der Waals surface area contributed by atoms with E-state index in [2.05, 4.69) is 20.3 Å². The van der Waals surface area contributed by atoms with Gasteiger partial charge in [-0.25, -0.2) is 5.43 Å². The molecule has 2 aromatic rings. The van der Waals surface area contributed by atoms with E-state index in [0.717, 1.165) is 88.8 Å². The number of carbonyl (C=O) groups excluding carboxylic acids is 2. The Hall–Kier alpha value is -3.56. The van der Waals surface area contributed by atoms with Gasteiger partial charge in [-0.3, -0.25) is 14.5 Å². The van der Waals surface area contributed by atoms with Gasteiger partial charge in [-0.05, 0) is 76.0 Å². The van der Waals surface area contributed by atoms with Crippen LogP contribution in [0.5, 0.6) is 0 Å². The van der Waals surface area contributed by atoms with Gasteiger partial charge in [0, 0.05) is 26.2 Å². The van der Waals surface area contributed by atoms with E-state index >= 15 is 0 Å². The summed E-state index contributed by atoms with van der Waals surface area (Å²) >= 11 is 0. The molecule has 0 unspecified atom stereocenters. The van der Waals surface area contributed by atoms with Crippen LogP contribution >= 0.6 is 0 Å². The van der Waals surface area contributed by atoms with Crippen LogP contribution in [0.15, 0.2) is 29.4 Å². The Bertz CT molecular complexity index is 1170. The van der Waals surface area contributed by atoms with Crippen LogP contribution in [0.4, 0.5) is 23.5 Å². The number of carbonyl (C=O) groups is 2. The van der Waals surface area contributed by atoms with E-state index < -0.39 is 0 Å². The van der Waals surface area contributed by atoms with Crippen LogP contribution in [0.3, 0.4) is 0 Å². The Balaban J connectivity index is 1.19. The molecule has 3 aliphatic heterocycles. The molecule has 10 heteroatoms. The van der Waals surface area contributed by atoms with Crippen LogP contribution in [-0.2, 0) is 9.59 Å². The van der Waals surface area contributed by atoms with Gasteiger partial charge in [0.05, 0.1) is 23.2 Å². The molecule has 1 saturated carbocycles. The van der Waals surface area contributed by atoms with Gasteiger partial charge < -0.3 is 9.80 Å². The lowest BCUT2D eigenvalue weighted by atomic mass is 9.81. The molecule has 1 aliphatic carbocycles. The lowest BCUT2D eigenvalue weighted by Crippen LogP contribution is -2.34. The van der Waals surface area contributed by atoms with Gasteiger partial charge in [0.1, 0.15) is 0 Å². The first kappa shape index (κ1) is 25.7. The molecular formula is C29H38N8O2. The Kier molecular flexibility index (Phi) is 7.43. The molecule has 4 aliphatic rings. The predicted molar refractivity (Wildman–Crippen MR) is 152 cm³/mol. The highest BCUT2D eigenvalue weighted by Crippen LogP contribution is 2.40. The zero-order chi connectivity index (χ0) is 26.8. The summed E-state index contributed by atoms with van der Waals surface area (Å²) in [5.74, 6) is 1.47. The third kappa shape index (κ3) is 5.33. The zero-order valence-corrected chi connectivity index (χ0v) is 22.8. The molecule has 6 rings (SSSR count). The number of hydrazone groups is 1. The first-order valence-electron chi connectivity index (χ1n) is 14.6. The van der Waals surface area contributed by atoms with Gasteiger partial charge in [0.15, 0.2) is 0 Å². The molecule has 206 valence electrons. The second-order valence-electron chi connectivity index (χ2n) is 11.2. The molecule has 2 amide bonds. The molecule has 0 spiro atoms. The van der Waals surface area contributed by atoms with Gasteiger partial charge >= 0.3 is 0 Å². The highest BCUT2D eigenvalue weighted by atomic mass is 16.2. The highest BCUT2D eigenvalue weighted by molar-refractivity contribution is 6.22. The molecule has 1 aromatic carbocycles. The average molecular weight is 531 g/mol. The molecule has 4 heterocycles. The summed E-state index contributed by atoms with van der Waals surface area (Å²) in [7, 11) is 0. The van der Waals surface area contributed by atoms with Gasteiger partial charge in [0.25, 0.3) is 0 Å². The van der Waals surface area contributed by atoms with Crippen molar-refractivity contribution in [1.82, 2.24) is 15.0 Å². The molecule has 39 heavy (non-hydrogen) atoms. The lowest BCUT2D eigenvalue weighted by Gasteiger charge is -2.30. The van der Waals surface area contributed by atoms with E-state index in [0.29, 0.717) is 23.5 Å². The molecule has 10 nitrogen and oxygen atoms in total. The molecule has 0 radical (unpaired) electrons. The first-order valence-corrected chi connectivity index (χ1v) is 14.6. The summed E-state index contributed by atoms with van der Waals surface area (Å²) in [6.45, 7) is 5.76. The van der Waals surface area contributed by atoms with Gasteiger partial charge in [-0.2, -0.15) is 20.1 Å². The van der Waals surface area contributed by atoms with Gasteiger partial charge in [-0.1, -0.05) is 25.0 Å². The lowest BCUT2D eigenvalue weighted by molar-refractivity contribution is -0.122. The molecule has 0 bridgehead atoms. The fourth-order valence-corrected chi connectivity index (χ4v) is 6.34. The van der Waals surface area contributed by atoms with Crippen molar-refractivity contribution < 1.29 is 9.59 Å². The van der Waals surface area contributed by atoms with Crippen molar-refractivity contribution in [3.05, 3.63) is 29.8 Å². The fraction of sp³-hybridized carbons (Fsp3) is 0.586. The van der Waals surface area contributed by atoms with E-state index in [9.17, 15) is 9.59 Å². The van der Waals surface area contributed by atoms with Crippen LogP contribution in [0.2, 0.25) is 0 Å². The van der Waals surface area contributed by atoms with E-state index in [1.165, 1.54) is 17.7 Å². The summed E-state index contributed by atoms with van der Waals surface area (Å²) in [5.41, 5.74) is 5.36. The molecule has 3 saturated heterocycles. The summed E-state index contributed by atoms with van der Waals surface area (Å²) in [6.07, 6.45) is 10.8. The topological polar surface area (TPSA) is 107 Å². The van der Waals surface area contributed by atoms with Crippen molar-refractivity contribution in [3.8, 4) is 0 Å². The largest absolute Gasteiger partial charge is 0.341 e. The normalized spacial score (nSPS) is 24.2. The number of benzene rings is 1. The van der Waals surface area contributed by atoms with Crippen molar-refractivity contribution in [2.24, 2.45) is 16.9 Å². The van der Waals surface area contributed by atoms with Gasteiger partial charge in [0.2, 0.25) is 29.7 Å². The number of anilines is 4. The van der Waals surface area contributed by atoms with Crippen LogP contribution in [-0.4, -0.2) is 58.7 Å². The quantitative estimate of drug-likeness (QED) is 0.333. The maximum atomic E-state index is 13.0. The zero-order valence-electron chi connectivity index (χ0n) is 22.8. The van der Waals surface area contributed by atoms with Crippen LogP contribution in [0.1, 0.15) is 76.7 Å². The van der Waals surface area contributed by atoms with E-state index in [1.807, 2.05) is 31.2 Å². The molecule has 4 fully saturated rings. The number of imide groups is 1. The Labute approximate surface area is 229 Å². The molecule has 1 N–H and O–H groups in total. The number of rotatable bonds is 6. The molecule has 2 atom stereocenters. The van der Waals surface area contributed by atoms with Crippen molar-refractivity contribution in [3.63, 3.8) is 0 Å². The van der Waals surface area contributed by atoms with Crippen LogP contribution in [0.25, 0.3) is 0 Å². The second-order valence-corrected chi connectivity index (χ2v) is 11.2. The summed E-state index contributed by atoms with van der Waals surface area (Å²) < 4.78 is 0. The summed E-state index contributed by atoms with van der Waals surface area (Å²) in [5, 5.41) is 4.58. The van der Waals surface area contributed by atoms with Crippen LogP contribution in [0, 0.1) is 11.8 Å². The summed E-state index contributed by atoms with van der Waals surface area (Å²) in [4.78, 5) is 46.1. The number of hydrogen-bond acceptors (Lipinski definition) is 9. The number of amides is 2. The third-order valence-corrected chi connectivity index (χ3v) is 8.60. The summed E-state index contributed by atoms with van der Waals surface area (Å²) in [6, 6.07) is 7.49. The second kappa shape index (κ2) is 11.3. The molecular weight excluding hydrogens is 492 g/mol. The SMILES string of the molecule is C/C(=N/Nc1nc(N2CCCCC2)nc(N2CCCCC2)n1)c1ccc(N2C(=O)[C@H]3CCCC[C@H]3C2=O)cc1. The minimum atomic E-state index is -0.150. The minimum Gasteiger partial charge on any atom is -0.341 e. The fourth-order valence-electron chi connectivity index (χ4n) is 6.34. The maximum Gasteiger partial charge on any atom is 0.250 e. The third-order valence-electron chi connectivity index (χ3n) is 8.60. The number of nitrogens with zero attached hydrogens (tertiary/aromatic N) is 7. The minimum absolute atomic E-state index is 0.0478. The van der Waals surface area contributed by atoms with E-state index in [4.69, 9.17) is 15.0 Å². The standard InChI is InChI=1S/C29H38N8O2/c1-20(21-12-14-22(15-13-21)37-25(38)23-10-4-5-11-24(23)26(37)39)33-34-27-30-28(35-16-6-2-7-17-35)32-29(31-27)36-18-8-3-9-19-36/h12-15,23-24H,2-11,16-19H2,1H3,(H,30,31,32,34)/b33-20-/t23-,24+. The highest BCUT2D eigenvalue weighted by Gasteiger charge is 2.48. The number of fused-ring (bicyclic) bond motifs is 1. The van der Waals surface area contributed by atoms with E-state index in [-0.39, 0.29) is 23.7 Å². The Morgan fingerprint density at radius 3 is 1.77 bits per heavy atom. The van der Waals surface area contributed by atoms with Crippen molar-refractivity contribution in [2.75, 3.05) is 46.3 Å². The number of hydrogen-bond donors (Lipinski definition) is 1. The van der Waals surface area contributed by atoms with E-state index in [1.54, 1.807) is 0 Å². The smallest absolute Gasteiger partial charge is 0.250 e. The monoisotopic (exact) mass is 530 g/mol. The molecule has 1 aromatic heterocycles. The average Bonchev–Trinajstić information content (AvgIpc) is 3.26. The van der Waals surface area contributed by atoms with Crippen molar-refractivity contribution >= 4 is 41.1 Å².